The molecule has 0 aliphatic carbocycles. The molecule has 40 heavy (non-hydrogen) atoms. The highest BCUT2D eigenvalue weighted by Gasteiger charge is 2.24. The van der Waals surface area contributed by atoms with Crippen molar-refractivity contribution >= 4 is 66.9 Å². The number of hydrogen-bond acceptors (Lipinski definition) is 7. The maximum absolute atomic E-state index is 8.34. The van der Waals surface area contributed by atoms with Gasteiger partial charge in [0.2, 0.25) is 0 Å². The van der Waals surface area contributed by atoms with Crippen molar-refractivity contribution in [2.24, 2.45) is 10.7 Å². The number of nitrogens with two attached hydrogens (primary N) is 1. The number of rotatable bonds is 12. The van der Waals surface area contributed by atoms with Gasteiger partial charge in [0.25, 0.3) is 0 Å². The Hall–Kier alpha value is -2.44. The molecule has 212 valence electrons. The van der Waals surface area contributed by atoms with Crippen molar-refractivity contribution in [3.63, 3.8) is 0 Å². The number of aliphatic imine (C=N–C) groups is 1. The maximum atomic E-state index is 8.34. The fourth-order valence-corrected chi connectivity index (χ4v) is 5.78. The Kier molecular flexibility index (Phi) is 12.9. The molecule has 1 saturated heterocycles. The van der Waals surface area contributed by atoms with Crippen LogP contribution in [0, 0.1) is 5.41 Å². The van der Waals surface area contributed by atoms with Gasteiger partial charge in [-0.15, -0.1) is 22.7 Å². The van der Waals surface area contributed by atoms with E-state index in [1.54, 1.807) is 22.7 Å². The first-order chi connectivity index (χ1) is 18.6. The average molecular weight is 613 g/mol. The van der Waals surface area contributed by atoms with Crippen molar-refractivity contribution in [1.29, 1.82) is 5.41 Å². The van der Waals surface area contributed by atoms with E-state index in [1.807, 2.05) is 59.3 Å². The highest BCUT2D eigenvalue weighted by Crippen LogP contribution is 2.19. The molecule has 0 radical (unpaired) electrons. The molecule has 0 saturated carbocycles. The second kappa shape index (κ2) is 16.1. The third kappa shape index (κ3) is 9.31. The lowest BCUT2D eigenvalue weighted by molar-refractivity contribution is 0.0471. The Morgan fingerprint density at radius 1 is 0.900 bits per heavy atom. The van der Waals surface area contributed by atoms with Gasteiger partial charge < -0.3 is 25.9 Å². The zero-order valence-corrected chi connectivity index (χ0v) is 25.8. The number of amidine groups is 1. The van der Waals surface area contributed by atoms with Gasteiger partial charge >= 0.3 is 0 Å². The van der Waals surface area contributed by atoms with Crippen LogP contribution in [0.4, 0.5) is 5.69 Å². The van der Waals surface area contributed by atoms with Gasteiger partial charge in [0.05, 0.1) is 42.2 Å². The molecule has 5 rings (SSSR count). The molecule has 4 aromatic rings. The Bertz CT molecular complexity index is 1360. The minimum atomic E-state index is 0. The normalized spacial score (nSPS) is 16.8. The molecule has 0 bridgehead atoms. The van der Waals surface area contributed by atoms with Crippen LogP contribution in [0.1, 0.15) is 32.9 Å². The minimum Gasteiger partial charge on any atom is -0.383 e. The van der Waals surface area contributed by atoms with E-state index in [0.717, 1.165) is 45.1 Å². The summed E-state index contributed by atoms with van der Waals surface area (Å²) < 4.78 is 12.2. The van der Waals surface area contributed by atoms with Gasteiger partial charge in [0.15, 0.2) is 0 Å². The molecule has 6 nitrogen and oxygen atoms in total. The average Bonchev–Trinajstić information content (AvgIpc) is 3.71. The van der Waals surface area contributed by atoms with Gasteiger partial charge in [-0.25, -0.2) is 4.99 Å². The van der Waals surface area contributed by atoms with Gasteiger partial charge in [0, 0.05) is 23.9 Å². The van der Waals surface area contributed by atoms with E-state index < -0.39 is 0 Å². The van der Waals surface area contributed by atoms with Gasteiger partial charge in [-0.1, -0.05) is 48.5 Å². The number of benzene rings is 2. The number of nitrogens with one attached hydrogen (secondary N) is 2. The Labute approximate surface area is 258 Å². The molecule has 3 heterocycles. The molecule has 10 heteroatoms. The summed E-state index contributed by atoms with van der Waals surface area (Å²) in [6.07, 6.45) is 1.72. The van der Waals surface area contributed by atoms with Crippen LogP contribution in [0.3, 0.4) is 0 Å². The summed E-state index contributed by atoms with van der Waals surface area (Å²) in [5.41, 5.74) is 11.0. The summed E-state index contributed by atoms with van der Waals surface area (Å²) in [7, 11) is 0. The van der Waals surface area contributed by atoms with Crippen LogP contribution >= 0.6 is 49.7 Å². The Morgan fingerprint density at radius 2 is 1.60 bits per heavy atom. The molecule has 0 amide bonds. The Morgan fingerprint density at radius 3 is 2.35 bits per heavy atom. The smallest absolute Gasteiger partial charge is 0.141 e. The van der Waals surface area contributed by atoms with E-state index in [4.69, 9.17) is 20.6 Å². The topological polar surface area (TPSA) is 92.7 Å². The van der Waals surface area contributed by atoms with Crippen LogP contribution in [-0.2, 0) is 29.1 Å². The van der Waals surface area contributed by atoms with Crippen molar-refractivity contribution in [2.75, 3.05) is 13.2 Å². The lowest BCUT2D eigenvalue weighted by Gasteiger charge is -2.13. The van der Waals surface area contributed by atoms with Crippen LogP contribution in [0.5, 0.6) is 0 Å². The summed E-state index contributed by atoms with van der Waals surface area (Å²) in [6.45, 7) is 2.55. The SMILES string of the molecule is N=C(Cc1cccc(CO[C@@H]2CN[C@H](COCc3cccc(N=C(N)c4cccs4)c3)C2)c1)c1cccs1.S.S. The molecule has 2 atom stereocenters. The molecular weight excluding hydrogens is 577 g/mol. The van der Waals surface area contributed by atoms with E-state index in [0.29, 0.717) is 37.8 Å². The first-order valence-corrected chi connectivity index (χ1v) is 14.5. The van der Waals surface area contributed by atoms with E-state index >= 15 is 0 Å². The number of ether oxygens (including phenoxy) is 2. The van der Waals surface area contributed by atoms with Crippen molar-refractivity contribution in [1.82, 2.24) is 5.32 Å². The van der Waals surface area contributed by atoms with E-state index in [9.17, 15) is 0 Å². The molecule has 1 aliphatic rings. The molecule has 1 fully saturated rings. The largest absolute Gasteiger partial charge is 0.383 e. The van der Waals surface area contributed by atoms with Crippen molar-refractivity contribution in [3.05, 3.63) is 110 Å². The van der Waals surface area contributed by atoms with Gasteiger partial charge in [0.1, 0.15) is 5.84 Å². The van der Waals surface area contributed by atoms with Gasteiger partial charge in [-0.2, -0.15) is 27.0 Å². The van der Waals surface area contributed by atoms with Crippen LogP contribution < -0.4 is 11.1 Å². The number of thiophene rings is 2. The van der Waals surface area contributed by atoms with E-state index in [-0.39, 0.29) is 39.1 Å². The second-order valence-corrected chi connectivity index (χ2v) is 11.3. The first kappa shape index (κ1) is 32.1. The molecule has 4 N–H and O–H groups in total. The van der Waals surface area contributed by atoms with Crippen molar-refractivity contribution in [2.45, 2.75) is 38.2 Å². The van der Waals surface area contributed by atoms with E-state index in [1.165, 1.54) is 0 Å². The molecule has 2 aromatic heterocycles. The third-order valence-electron chi connectivity index (χ3n) is 6.38. The maximum Gasteiger partial charge on any atom is 0.141 e. The zero-order chi connectivity index (χ0) is 26.2. The molecule has 0 spiro atoms. The number of nitrogens with zero attached hydrogens (tertiary/aromatic N) is 1. The fraction of sp³-hybridized carbons (Fsp3) is 0.267. The summed E-state index contributed by atoms with van der Waals surface area (Å²) >= 11 is 3.19. The quantitative estimate of drug-likeness (QED) is 0.132. The van der Waals surface area contributed by atoms with E-state index in [2.05, 4.69) is 34.6 Å². The van der Waals surface area contributed by atoms with Gasteiger partial charge in [-0.05, 0) is 58.1 Å². The van der Waals surface area contributed by atoms with Gasteiger partial charge in [-0.3, -0.25) is 0 Å². The zero-order valence-electron chi connectivity index (χ0n) is 22.1. The summed E-state index contributed by atoms with van der Waals surface area (Å²) in [5.74, 6) is 0.531. The summed E-state index contributed by atoms with van der Waals surface area (Å²) in [5, 5.41) is 15.9. The highest BCUT2D eigenvalue weighted by molar-refractivity contribution is 7.59. The van der Waals surface area contributed by atoms with Crippen LogP contribution in [0.25, 0.3) is 0 Å². The first-order valence-electron chi connectivity index (χ1n) is 12.7. The highest BCUT2D eigenvalue weighted by atomic mass is 32.1. The molecular formula is C30H36N4O2S4. The second-order valence-electron chi connectivity index (χ2n) is 9.39. The predicted octanol–water partition coefficient (Wildman–Crippen LogP) is 6.15. The van der Waals surface area contributed by atoms with Crippen LogP contribution in [-0.4, -0.2) is 36.8 Å². The Balaban J connectivity index is 0.00000220. The molecule has 1 aliphatic heterocycles. The summed E-state index contributed by atoms with van der Waals surface area (Å²) in [6, 6.07) is 24.6. The van der Waals surface area contributed by atoms with Crippen LogP contribution in [0.2, 0.25) is 0 Å². The molecule has 2 aromatic carbocycles. The third-order valence-corrected chi connectivity index (χ3v) is 8.20. The minimum absolute atomic E-state index is 0. The lowest BCUT2D eigenvalue weighted by Crippen LogP contribution is -2.26. The van der Waals surface area contributed by atoms with Crippen molar-refractivity contribution in [3.8, 4) is 0 Å². The monoisotopic (exact) mass is 612 g/mol. The molecule has 0 unspecified atom stereocenters. The number of hydrogen-bond donors (Lipinski definition) is 3. The van der Waals surface area contributed by atoms with Crippen molar-refractivity contribution < 1.29 is 9.47 Å². The summed E-state index contributed by atoms with van der Waals surface area (Å²) in [4.78, 5) is 6.54. The fourth-order valence-electron chi connectivity index (χ4n) is 4.47. The predicted molar refractivity (Wildman–Crippen MR) is 178 cm³/mol. The van der Waals surface area contributed by atoms with Crippen LogP contribution in [0.15, 0.2) is 88.5 Å². The standard InChI is InChI=1S/C30H32N4O2S2.2H2S/c31-27(28-9-3-11-37-28)15-21-5-1-6-22(13-21)19-36-26-16-25(33-17-26)20-35-18-23-7-2-8-24(14-23)34-30(32)29-10-4-12-38-29;;/h1-14,25-26,31,33H,15-20H2,(H2,32,34);2*1H2/t25-,26-;;/m0../s1. The lowest BCUT2D eigenvalue weighted by atomic mass is 10.0.